The van der Waals surface area contributed by atoms with E-state index in [4.69, 9.17) is 9.47 Å². The molecular formula is C32H55NO2. The van der Waals surface area contributed by atoms with Gasteiger partial charge in [-0.2, -0.15) is 0 Å². The Morgan fingerprint density at radius 1 is 1.00 bits per heavy atom. The second-order valence-corrected chi connectivity index (χ2v) is 14.7. The number of hydrogen-bond donors (Lipinski definition) is 0. The van der Waals surface area contributed by atoms with Gasteiger partial charge < -0.3 is 14.4 Å². The molecule has 0 aromatic carbocycles. The molecule has 0 radical (unpaired) electrons. The molecule has 4 fully saturated rings. The summed E-state index contributed by atoms with van der Waals surface area (Å²) in [6.45, 7) is 14.4. The summed E-state index contributed by atoms with van der Waals surface area (Å²) in [5.41, 5.74) is 2.62. The van der Waals surface area contributed by atoms with Crippen molar-refractivity contribution in [3.63, 3.8) is 0 Å². The van der Waals surface area contributed by atoms with Gasteiger partial charge in [-0.25, -0.2) is 0 Å². The van der Waals surface area contributed by atoms with E-state index in [-0.39, 0.29) is 11.9 Å². The zero-order valence-corrected chi connectivity index (χ0v) is 24.1. The Hall–Kier alpha value is -0.380. The molecule has 3 saturated carbocycles. The average molecular weight is 486 g/mol. The predicted molar refractivity (Wildman–Crippen MR) is 145 cm³/mol. The largest absolute Gasteiger partial charge is 0.347 e. The SMILES string of the molecule is CC(C)CCC[C@@H](C)[C@H]1CC[C@H]2[C@@H]3CC=C4CC5(CC[C@]4(C)[C@H]3CC[C@]12C)OCC(CN(C)C)O5. The molecule has 3 nitrogen and oxygen atoms in total. The Bertz CT molecular complexity index is 790. The molecule has 5 aliphatic rings. The quantitative estimate of drug-likeness (QED) is 0.345. The Balaban J connectivity index is 1.28. The van der Waals surface area contributed by atoms with Gasteiger partial charge in [-0.1, -0.05) is 65.5 Å². The minimum atomic E-state index is -0.341. The van der Waals surface area contributed by atoms with Crippen molar-refractivity contribution >= 4 is 0 Å². The van der Waals surface area contributed by atoms with E-state index >= 15 is 0 Å². The number of rotatable bonds is 7. The van der Waals surface area contributed by atoms with Crippen molar-refractivity contribution in [2.75, 3.05) is 27.2 Å². The van der Waals surface area contributed by atoms with Crippen molar-refractivity contribution in [1.29, 1.82) is 0 Å². The number of nitrogens with zero attached hydrogens (tertiary/aromatic N) is 1. The van der Waals surface area contributed by atoms with E-state index in [0.29, 0.717) is 10.8 Å². The van der Waals surface area contributed by atoms with Gasteiger partial charge in [-0.3, -0.25) is 0 Å². The third-order valence-electron chi connectivity index (χ3n) is 11.8. The molecule has 200 valence electrons. The van der Waals surface area contributed by atoms with Crippen molar-refractivity contribution < 1.29 is 9.47 Å². The summed E-state index contributed by atoms with van der Waals surface area (Å²) in [7, 11) is 4.26. The number of hydrogen-bond acceptors (Lipinski definition) is 3. The highest BCUT2D eigenvalue weighted by Gasteiger charge is 2.61. The van der Waals surface area contributed by atoms with Crippen LogP contribution in [0.15, 0.2) is 11.6 Å². The van der Waals surface area contributed by atoms with Crippen LogP contribution in [0.3, 0.4) is 0 Å². The van der Waals surface area contributed by atoms with Crippen LogP contribution in [-0.4, -0.2) is 44.0 Å². The van der Waals surface area contributed by atoms with Crippen LogP contribution in [0.25, 0.3) is 0 Å². The molecular weight excluding hydrogens is 430 g/mol. The first-order chi connectivity index (χ1) is 16.6. The molecule has 1 heterocycles. The van der Waals surface area contributed by atoms with E-state index < -0.39 is 0 Å². The second-order valence-electron chi connectivity index (χ2n) is 14.7. The molecule has 9 atom stereocenters. The zero-order valence-electron chi connectivity index (χ0n) is 24.1. The van der Waals surface area contributed by atoms with Gasteiger partial charge in [-0.15, -0.1) is 0 Å². The first-order valence-electron chi connectivity index (χ1n) is 15.2. The number of fused-ring (bicyclic) bond motifs is 5. The molecule has 0 N–H and O–H groups in total. The van der Waals surface area contributed by atoms with E-state index in [2.05, 4.69) is 59.7 Å². The van der Waals surface area contributed by atoms with Gasteiger partial charge in [0.2, 0.25) is 0 Å². The third-order valence-corrected chi connectivity index (χ3v) is 11.8. The van der Waals surface area contributed by atoms with Crippen LogP contribution in [0, 0.1) is 46.3 Å². The molecule has 5 rings (SSSR count). The van der Waals surface area contributed by atoms with Crippen LogP contribution < -0.4 is 0 Å². The molecule has 2 unspecified atom stereocenters. The first kappa shape index (κ1) is 26.2. The summed E-state index contributed by atoms with van der Waals surface area (Å²) in [5.74, 6) is 5.05. The number of allylic oxidation sites excluding steroid dienone is 1. The fraction of sp³-hybridized carbons (Fsp3) is 0.938. The van der Waals surface area contributed by atoms with Gasteiger partial charge in [0.05, 0.1) is 12.7 Å². The molecule has 1 spiro atoms. The van der Waals surface area contributed by atoms with Crippen molar-refractivity contribution in [2.45, 2.75) is 117 Å². The van der Waals surface area contributed by atoms with Gasteiger partial charge in [-0.05, 0) is 99.0 Å². The van der Waals surface area contributed by atoms with Crippen molar-refractivity contribution in [2.24, 2.45) is 46.3 Å². The minimum absolute atomic E-state index is 0.222. The first-order valence-corrected chi connectivity index (χ1v) is 15.2. The zero-order chi connectivity index (χ0) is 25.0. The van der Waals surface area contributed by atoms with E-state index in [9.17, 15) is 0 Å². The summed E-state index contributed by atoms with van der Waals surface area (Å²) in [5, 5.41) is 0. The molecule has 0 amide bonds. The average Bonchev–Trinajstić information content (AvgIpc) is 3.34. The molecule has 0 aromatic rings. The topological polar surface area (TPSA) is 21.7 Å². The standard InChI is InChI=1S/C32H55NO2/c1-22(2)9-8-10-23(3)27-13-14-28-26-12-11-24-19-32(34-21-25(35-32)20-33(6)7)18-17-30(24,4)29(26)15-16-31(27,28)5/h11,22-23,25-29H,8-10,12-21H2,1-7H3/t23-,25?,26+,27-,28+,29+,30+,31-,32?/m1/s1. The lowest BCUT2D eigenvalue weighted by molar-refractivity contribution is -0.195. The molecule has 1 aliphatic heterocycles. The van der Waals surface area contributed by atoms with E-state index in [1.807, 2.05) is 0 Å². The highest BCUT2D eigenvalue weighted by Crippen LogP contribution is 2.68. The van der Waals surface area contributed by atoms with Gasteiger partial charge in [0, 0.05) is 19.4 Å². The molecule has 4 aliphatic carbocycles. The molecule has 35 heavy (non-hydrogen) atoms. The second kappa shape index (κ2) is 9.73. The Kier molecular flexibility index (Phi) is 7.30. The van der Waals surface area contributed by atoms with Gasteiger partial charge in [0.25, 0.3) is 0 Å². The normalized spacial score (nSPS) is 46.0. The van der Waals surface area contributed by atoms with Crippen LogP contribution in [0.2, 0.25) is 0 Å². The maximum Gasteiger partial charge on any atom is 0.172 e. The van der Waals surface area contributed by atoms with Crippen LogP contribution in [0.4, 0.5) is 0 Å². The van der Waals surface area contributed by atoms with Crippen LogP contribution in [-0.2, 0) is 9.47 Å². The fourth-order valence-electron chi connectivity index (χ4n) is 9.97. The van der Waals surface area contributed by atoms with Crippen molar-refractivity contribution in [3.8, 4) is 0 Å². The van der Waals surface area contributed by atoms with E-state index in [0.717, 1.165) is 61.5 Å². The summed E-state index contributed by atoms with van der Waals surface area (Å²) in [6.07, 6.45) is 17.7. The Morgan fingerprint density at radius 3 is 2.54 bits per heavy atom. The summed E-state index contributed by atoms with van der Waals surface area (Å²) in [4.78, 5) is 2.23. The van der Waals surface area contributed by atoms with Crippen molar-refractivity contribution in [3.05, 3.63) is 11.6 Å². The number of likely N-dealkylation sites (N-methyl/N-ethyl adjacent to an activating group) is 1. The molecule has 0 bridgehead atoms. The Morgan fingerprint density at radius 2 is 1.80 bits per heavy atom. The van der Waals surface area contributed by atoms with Crippen molar-refractivity contribution in [1.82, 2.24) is 4.90 Å². The lowest BCUT2D eigenvalue weighted by Gasteiger charge is -2.59. The number of ether oxygens (including phenoxy) is 2. The summed E-state index contributed by atoms with van der Waals surface area (Å²) in [6, 6.07) is 0. The molecule has 3 heteroatoms. The van der Waals surface area contributed by atoms with Crippen LogP contribution >= 0.6 is 0 Å². The minimum Gasteiger partial charge on any atom is -0.347 e. The van der Waals surface area contributed by atoms with E-state index in [1.54, 1.807) is 5.57 Å². The van der Waals surface area contributed by atoms with Gasteiger partial charge in [0.1, 0.15) is 0 Å². The highest BCUT2D eigenvalue weighted by atomic mass is 16.7. The van der Waals surface area contributed by atoms with Crippen LogP contribution in [0.1, 0.15) is 105 Å². The lowest BCUT2D eigenvalue weighted by Crippen LogP contribution is -2.52. The maximum absolute atomic E-state index is 6.60. The van der Waals surface area contributed by atoms with E-state index in [1.165, 1.54) is 57.8 Å². The summed E-state index contributed by atoms with van der Waals surface area (Å²) < 4.78 is 13.0. The summed E-state index contributed by atoms with van der Waals surface area (Å²) >= 11 is 0. The molecule has 0 aromatic heterocycles. The Labute approximate surface area is 216 Å². The lowest BCUT2D eigenvalue weighted by atomic mass is 9.46. The van der Waals surface area contributed by atoms with Crippen LogP contribution in [0.5, 0.6) is 0 Å². The third kappa shape index (κ3) is 4.69. The molecule has 1 saturated heterocycles. The highest BCUT2D eigenvalue weighted by molar-refractivity contribution is 5.27. The maximum atomic E-state index is 6.60. The predicted octanol–water partition coefficient (Wildman–Crippen LogP) is 7.70. The smallest absolute Gasteiger partial charge is 0.172 e. The van der Waals surface area contributed by atoms with Gasteiger partial charge >= 0.3 is 0 Å². The monoisotopic (exact) mass is 485 g/mol. The van der Waals surface area contributed by atoms with Gasteiger partial charge in [0.15, 0.2) is 5.79 Å². The fourth-order valence-corrected chi connectivity index (χ4v) is 9.97.